The van der Waals surface area contributed by atoms with Crippen LogP contribution in [0.4, 0.5) is 37.8 Å². The molecule has 0 amide bonds. The number of fused-ring (bicyclic) bond motifs is 1. The lowest BCUT2D eigenvalue weighted by atomic mass is 10.1. The summed E-state index contributed by atoms with van der Waals surface area (Å²) in [4.78, 5) is 7.89. The first-order valence-corrected chi connectivity index (χ1v) is 8.46. The van der Waals surface area contributed by atoms with Crippen LogP contribution < -0.4 is 14.8 Å². The van der Waals surface area contributed by atoms with Crippen LogP contribution in [0.15, 0.2) is 30.3 Å². The molecule has 1 N–H and O–H groups in total. The molecule has 0 aliphatic rings. The fraction of sp³-hybridized carbons (Fsp3) is 0.222. The number of ether oxygens (including phenoxy) is 2. The highest BCUT2D eigenvalue weighted by atomic mass is 35.5. The molecule has 2 aromatic carbocycles. The average Bonchev–Trinajstić information content (AvgIpc) is 2.65. The summed E-state index contributed by atoms with van der Waals surface area (Å²) in [5, 5.41) is 2.43. The van der Waals surface area contributed by atoms with Gasteiger partial charge in [-0.2, -0.15) is 31.3 Å². The summed E-state index contributed by atoms with van der Waals surface area (Å²) in [7, 11) is 2.74. The van der Waals surface area contributed by atoms with Gasteiger partial charge < -0.3 is 14.8 Å². The van der Waals surface area contributed by atoms with Gasteiger partial charge in [-0.05, 0) is 35.9 Å². The summed E-state index contributed by atoms with van der Waals surface area (Å²) in [5.74, 6) is 0.432. The standard InChI is InChI=1S/C18H12ClF6N3O2/c1-29-13-6-11-12(7-14(13)30-2)27-16(19)28-15(11)26-10-4-8(17(20,21)22)3-9(5-10)18(23,24)25/h3-7H,1-2H3,(H,26,27,28). The van der Waals surface area contributed by atoms with E-state index in [0.717, 1.165) is 0 Å². The van der Waals surface area contributed by atoms with Gasteiger partial charge in [-0.3, -0.25) is 0 Å². The van der Waals surface area contributed by atoms with Crippen LogP contribution in [0.25, 0.3) is 10.9 Å². The normalized spacial score (nSPS) is 12.2. The van der Waals surface area contributed by atoms with Crippen molar-refractivity contribution in [3.63, 3.8) is 0 Å². The Morgan fingerprint density at radius 3 is 1.83 bits per heavy atom. The number of alkyl halides is 6. The van der Waals surface area contributed by atoms with Crippen molar-refractivity contribution >= 4 is 34.0 Å². The number of methoxy groups -OCH3 is 2. The van der Waals surface area contributed by atoms with Crippen LogP contribution in [0.5, 0.6) is 11.5 Å². The van der Waals surface area contributed by atoms with Gasteiger partial charge >= 0.3 is 12.4 Å². The minimum absolute atomic E-state index is 0.0319. The van der Waals surface area contributed by atoms with E-state index in [1.807, 2.05) is 0 Å². The van der Waals surface area contributed by atoms with Crippen LogP contribution in [-0.4, -0.2) is 24.2 Å². The molecule has 160 valence electrons. The topological polar surface area (TPSA) is 56.3 Å². The summed E-state index contributed by atoms with van der Waals surface area (Å²) in [6.45, 7) is 0. The quantitative estimate of drug-likeness (QED) is 0.385. The number of aromatic nitrogens is 2. The number of hydrogen-bond donors (Lipinski definition) is 1. The van der Waals surface area contributed by atoms with Crippen molar-refractivity contribution in [3.8, 4) is 11.5 Å². The maximum absolute atomic E-state index is 13.1. The highest BCUT2D eigenvalue weighted by molar-refractivity contribution is 6.28. The molecule has 0 unspecified atom stereocenters. The maximum atomic E-state index is 13.1. The van der Waals surface area contributed by atoms with Crippen LogP contribution >= 0.6 is 11.6 Å². The lowest BCUT2D eigenvalue weighted by Crippen LogP contribution is -2.12. The first-order chi connectivity index (χ1) is 13.9. The van der Waals surface area contributed by atoms with Gasteiger partial charge in [-0.1, -0.05) is 0 Å². The Morgan fingerprint density at radius 2 is 1.33 bits per heavy atom. The van der Waals surface area contributed by atoms with E-state index in [2.05, 4.69) is 15.3 Å². The highest BCUT2D eigenvalue weighted by Crippen LogP contribution is 2.39. The van der Waals surface area contributed by atoms with Crippen LogP contribution in [0.1, 0.15) is 11.1 Å². The number of anilines is 2. The van der Waals surface area contributed by atoms with Crippen molar-refractivity contribution < 1.29 is 35.8 Å². The van der Waals surface area contributed by atoms with Gasteiger partial charge in [0.1, 0.15) is 5.82 Å². The Kier molecular flexibility index (Phi) is 5.59. The number of halogens is 7. The molecular weight excluding hydrogens is 440 g/mol. The van der Waals surface area contributed by atoms with E-state index in [4.69, 9.17) is 21.1 Å². The molecule has 0 fully saturated rings. The second-order valence-electron chi connectivity index (χ2n) is 5.99. The molecule has 0 bridgehead atoms. The summed E-state index contributed by atoms with van der Waals surface area (Å²) >= 11 is 5.87. The molecule has 1 heterocycles. The van der Waals surface area contributed by atoms with E-state index in [1.54, 1.807) is 0 Å². The minimum Gasteiger partial charge on any atom is -0.493 e. The smallest absolute Gasteiger partial charge is 0.416 e. The number of nitrogens with one attached hydrogen (secondary N) is 1. The van der Waals surface area contributed by atoms with Crippen molar-refractivity contribution in [1.82, 2.24) is 9.97 Å². The van der Waals surface area contributed by atoms with Gasteiger partial charge in [0.25, 0.3) is 0 Å². The first-order valence-electron chi connectivity index (χ1n) is 8.08. The zero-order valence-electron chi connectivity index (χ0n) is 15.2. The van der Waals surface area contributed by atoms with Crippen LogP contribution in [0, 0.1) is 0 Å². The molecular formula is C18H12ClF6N3O2. The lowest BCUT2D eigenvalue weighted by Gasteiger charge is -2.16. The van der Waals surface area contributed by atoms with Crippen molar-refractivity contribution in [2.24, 2.45) is 0 Å². The summed E-state index contributed by atoms with van der Waals surface area (Å²) < 4.78 is 88.9. The van der Waals surface area contributed by atoms with Gasteiger partial charge in [0, 0.05) is 17.1 Å². The molecule has 3 aromatic rings. The highest BCUT2D eigenvalue weighted by Gasteiger charge is 2.37. The largest absolute Gasteiger partial charge is 0.493 e. The van der Waals surface area contributed by atoms with Crippen molar-refractivity contribution in [1.29, 1.82) is 0 Å². The third-order valence-corrected chi connectivity index (χ3v) is 4.19. The minimum atomic E-state index is -4.99. The van der Waals surface area contributed by atoms with Crippen molar-refractivity contribution in [3.05, 3.63) is 46.7 Å². The predicted molar refractivity (Wildman–Crippen MR) is 97.4 cm³/mol. The molecule has 1 aromatic heterocycles. The van der Waals surface area contributed by atoms with E-state index < -0.39 is 29.2 Å². The van der Waals surface area contributed by atoms with Gasteiger partial charge in [0.15, 0.2) is 11.5 Å². The lowest BCUT2D eigenvalue weighted by molar-refractivity contribution is -0.143. The Morgan fingerprint density at radius 1 is 0.800 bits per heavy atom. The third kappa shape index (κ3) is 4.45. The Hall–Kier alpha value is -2.95. The maximum Gasteiger partial charge on any atom is 0.416 e. The Labute approximate surface area is 170 Å². The molecule has 5 nitrogen and oxygen atoms in total. The number of benzene rings is 2. The van der Waals surface area contributed by atoms with Gasteiger partial charge in [0.05, 0.1) is 30.9 Å². The van der Waals surface area contributed by atoms with Crippen LogP contribution in [-0.2, 0) is 12.4 Å². The van der Waals surface area contributed by atoms with E-state index in [-0.39, 0.29) is 33.8 Å². The summed E-state index contributed by atoms with van der Waals surface area (Å²) in [6.07, 6.45) is -9.97. The van der Waals surface area contributed by atoms with E-state index >= 15 is 0 Å². The fourth-order valence-corrected chi connectivity index (χ4v) is 2.86. The molecule has 30 heavy (non-hydrogen) atoms. The van der Waals surface area contributed by atoms with E-state index in [1.165, 1.54) is 26.4 Å². The average molecular weight is 452 g/mol. The second kappa shape index (κ2) is 7.71. The fourth-order valence-electron chi connectivity index (χ4n) is 2.69. The monoisotopic (exact) mass is 451 g/mol. The summed E-state index contributed by atoms with van der Waals surface area (Å²) in [6, 6.07) is 3.98. The Balaban J connectivity index is 2.18. The number of hydrogen-bond acceptors (Lipinski definition) is 5. The zero-order valence-corrected chi connectivity index (χ0v) is 16.0. The van der Waals surface area contributed by atoms with Crippen molar-refractivity contribution in [2.75, 3.05) is 19.5 Å². The number of rotatable bonds is 4. The van der Waals surface area contributed by atoms with Crippen LogP contribution in [0.2, 0.25) is 5.28 Å². The molecule has 12 heteroatoms. The second-order valence-corrected chi connectivity index (χ2v) is 6.32. The van der Waals surface area contributed by atoms with E-state index in [0.29, 0.717) is 17.9 Å². The summed E-state index contributed by atoms with van der Waals surface area (Å²) in [5.41, 5.74) is -3.19. The van der Waals surface area contributed by atoms with Gasteiger partial charge in [-0.25, -0.2) is 4.98 Å². The Bertz CT molecular complexity index is 1070. The molecule has 0 radical (unpaired) electrons. The molecule has 0 spiro atoms. The SMILES string of the molecule is COc1cc2nc(Cl)nc(Nc3cc(C(F)(F)F)cc(C(F)(F)F)c3)c2cc1OC. The molecule has 3 rings (SSSR count). The molecule has 0 saturated heterocycles. The van der Waals surface area contributed by atoms with Gasteiger partial charge in [0.2, 0.25) is 5.28 Å². The first kappa shape index (κ1) is 21.8. The molecule has 0 saturated carbocycles. The third-order valence-electron chi connectivity index (χ3n) is 4.02. The number of nitrogens with zero attached hydrogens (tertiary/aromatic N) is 2. The van der Waals surface area contributed by atoms with Gasteiger partial charge in [-0.15, -0.1) is 0 Å². The molecule has 0 atom stereocenters. The molecule has 0 aliphatic carbocycles. The van der Waals surface area contributed by atoms with Crippen LogP contribution in [0.3, 0.4) is 0 Å². The van der Waals surface area contributed by atoms with Crippen molar-refractivity contribution in [2.45, 2.75) is 12.4 Å². The molecule has 0 aliphatic heterocycles. The predicted octanol–water partition coefficient (Wildman–Crippen LogP) is 6.08. The van der Waals surface area contributed by atoms with E-state index in [9.17, 15) is 26.3 Å². The zero-order chi connectivity index (χ0) is 22.3.